The molecular weight excluding hydrogens is 256 g/mol. The van der Waals surface area contributed by atoms with Gasteiger partial charge in [0.05, 0.1) is 18.1 Å². The van der Waals surface area contributed by atoms with Gasteiger partial charge in [-0.3, -0.25) is 0 Å². The minimum Gasteiger partial charge on any atom is -0.402 e. The molecule has 0 aliphatic heterocycles. The molecular formula is C13H8N6O. The molecule has 20 heavy (non-hydrogen) atoms. The van der Waals surface area contributed by atoms with Gasteiger partial charge in [-0.05, 0) is 12.1 Å². The molecule has 0 fully saturated rings. The molecule has 0 aliphatic rings. The van der Waals surface area contributed by atoms with Gasteiger partial charge in [0.1, 0.15) is 12.4 Å². The summed E-state index contributed by atoms with van der Waals surface area (Å²) in [6.07, 6.45) is 4.22. The molecule has 0 saturated carbocycles. The summed E-state index contributed by atoms with van der Waals surface area (Å²) in [4.78, 5) is 11.8. The van der Waals surface area contributed by atoms with Crippen molar-refractivity contribution in [3.05, 3.63) is 54.7 Å². The lowest BCUT2D eigenvalue weighted by Crippen LogP contribution is -1.96. The van der Waals surface area contributed by atoms with Crippen molar-refractivity contribution in [1.82, 2.24) is 24.7 Å². The van der Waals surface area contributed by atoms with Crippen LogP contribution >= 0.6 is 0 Å². The van der Waals surface area contributed by atoms with Gasteiger partial charge < -0.3 is 4.74 Å². The van der Waals surface area contributed by atoms with Crippen LogP contribution in [0.25, 0.3) is 5.69 Å². The summed E-state index contributed by atoms with van der Waals surface area (Å²) in [6, 6.07) is 11.6. The molecule has 2 aromatic heterocycles. The minimum absolute atomic E-state index is 0.160. The van der Waals surface area contributed by atoms with E-state index in [1.807, 2.05) is 36.4 Å². The van der Waals surface area contributed by atoms with Crippen molar-refractivity contribution in [2.75, 3.05) is 0 Å². The first kappa shape index (κ1) is 11.8. The number of hydrogen-bond donors (Lipinski definition) is 0. The first-order valence-electron chi connectivity index (χ1n) is 5.72. The Bertz CT molecular complexity index is 745. The first-order chi connectivity index (χ1) is 9.85. The summed E-state index contributed by atoms with van der Waals surface area (Å²) in [7, 11) is 0. The first-order valence-corrected chi connectivity index (χ1v) is 5.72. The van der Waals surface area contributed by atoms with E-state index in [2.05, 4.69) is 20.1 Å². The Balaban J connectivity index is 1.79. The summed E-state index contributed by atoms with van der Waals surface area (Å²) in [5.74, 6) is 0.231. The predicted molar refractivity (Wildman–Crippen MR) is 68.2 cm³/mol. The Hall–Kier alpha value is -3.27. The largest absolute Gasteiger partial charge is 0.402 e. The Morgan fingerprint density at radius 2 is 1.90 bits per heavy atom. The second kappa shape index (κ2) is 5.16. The van der Waals surface area contributed by atoms with Crippen LogP contribution in [-0.4, -0.2) is 24.7 Å². The molecule has 3 aromatic rings. The van der Waals surface area contributed by atoms with Gasteiger partial charge in [-0.2, -0.15) is 10.2 Å². The van der Waals surface area contributed by atoms with Crippen LogP contribution in [0.2, 0.25) is 0 Å². The maximum Gasteiger partial charge on any atom is 0.342 e. The van der Waals surface area contributed by atoms with Crippen molar-refractivity contribution in [3.63, 3.8) is 0 Å². The Kier molecular flexibility index (Phi) is 3.04. The van der Waals surface area contributed by atoms with Gasteiger partial charge in [0.2, 0.25) is 5.88 Å². The fourth-order valence-electron chi connectivity index (χ4n) is 1.52. The number of ether oxygens (including phenoxy) is 1. The lowest BCUT2D eigenvalue weighted by molar-refractivity contribution is 0.422. The molecule has 0 N–H and O–H groups in total. The van der Waals surface area contributed by atoms with Crippen LogP contribution in [0.3, 0.4) is 0 Å². The van der Waals surface area contributed by atoms with Crippen LogP contribution < -0.4 is 4.74 Å². The molecule has 0 atom stereocenters. The Morgan fingerprint density at radius 3 is 2.60 bits per heavy atom. The topological polar surface area (TPSA) is 89.5 Å². The van der Waals surface area contributed by atoms with E-state index in [1.165, 1.54) is 12.4 Å². The minimum atomic E-state index is 0.160. The average Bonchev–Trinajstić information content (AvgIpc) is 2.97. The van der Waals surface area contributed by atoms with Crippen LogP contribution in [0.4, 0.5) is 0 Å². The zero-order valence-electron chi connectivity index (χ0n) is 10.2. The molecule has 7 heteroatoms. The lowest BCUT2D eigenvalue weighted by Gasteiger charge is -1.99. The average molecular weight is 264 g/mol. The summed E-state index contributed by atoms with van der Waals surface area (Å²) in [6.45, 7) is 0. The highest BCUT2D eigenvalue weighted by atomic mass is 16.5. The standard InChI is InChI=1S/C13H8N6O/c14-6-10-7-16-12(8-15-10)20-13-17-9-19(18-13)11-4-2-1-3-5-11/h1-5,7-9H. The van der Waals surface area contributed by atoms with Crippen molar-refractivity contribution < 1.29 is 4.74 Å². The number of benzene rings is 1. The molecule has 0 aliphatic carbocycles. The number of aromatic nitrogens is 5. The van der Waals surface area contributed by atoms with E-state index in [9.17, 15) is 0 Å². The highest BCUT2D eigenvalue weighted by Crippen LogP contribution is 2.14. The van der Waals surface area contributed by atoms with Gasteiger partial charge in [-0.25, -0.2) is 14.6 Å². The third-order valence-corrected chi connectivity index (χ3v) is 2.43. The van der Waals surface area contributed by atoms with Crippen molar-refractivity contribution >= 4 is 0 Å². The number of nitrogens with zero attached hydrogens (tertiary/aromatic N) is 6. The molecule has 0 radical (unpaired) electrons. The molecule has 0 amide bonds. The fourth-order valence-corrected chi connectivity index (χ4v) is 1.52. The molecule has 3 rings (SSSR count). The second-order valence-corrected chi connectivity index (χ2v) is 3.76. The summed E-state index contributed by atoms with van der Waals surface area (Å²) < 4.78 is 6.94. The van der Waals surface area contributed by atoms with Gasteiger partial charge >= 0.3 is 6.01 Å². The zero-order valence-corrected chi connectivity index (χ0v) is 10.2. The number of rotatable bonds is 3. The van der Waals surface area contributed by atoms with Crippen molar-refractivity contribution in [3.8, 4) is 23.6 Å². The number of hydrogen-bond acceptors (Lipinski definition) is 6. The fraction of sp³-hybridized carbons (Fsp3) is 0. The summed E-state index contributed by atoms with van der Waals surface area (Å²) >= 11 is 0. The van der Waals surface area contributed by atoms with Crippen LogP contribution in [0, 0.1) is 11.3 Å². The van der Waals surface area contributed by atoms with Crippen LogP contribution in [0.1, 0.15) is 5.69 Å². The second-order valence-electron chi connectivity index (χ2n) is 3.76. The maximum atomic E-state index is 8.63. The molecule has 0 saturated heterocycles. The smallest absolute Gasteiger partial charge is 0.342 e. The Labute approximate surface area is 114 Å². The van der Waals surface area contributed by atoms with Crippen molar-refractivity contribution in [2.45, 2.75) is 0 Å². The number of nitriles is 1. The zero-order chi connectivity index (χ0) is 13.8. The molecule has 7 nitrogen and oxygen atoms in total. The SMILES string of the molecule is N#Cc1cnc(Oc2ncn(-c3ccccc3)n2)cn1. The van der Waals surface area contributed by atoms with Gasteiger partial charge in [0.25, 0.3) is 0 Å². The summed E-state index contributed by atoms with van der Waals surface area (Å²) in [5, 5.41) is 12.8. The van der Waals surface area contributed by atoms with Gasteiger partial charge in [-0.15, -0.1) is 5.10 Å². The monoisotopic (exact) mass is 264 g/mol. The van der Waals surface area contributed by atoms with Crippen LogP contribution in [0.5, 0.6) is 11.9 Å². The van der Waals surface area contributed by atoms with Crippen molar-refractivity contribution in [1.29, 1.82) is 5.26 Å². The third kappa shape index (κ3) is 2.44. The van der Waals surface area contributed by atoms with E-state index in [0.717, 1.165) is 5.69 Å². The van der Waals surface area contributed by atoms with Gasteiger partial charge in [0, 0.05) is 0 Å². The summed E-state index contributed by atoms with van der Waals surface area (Å²) in [5.41, 5.74) is 1.10. The molecule has 0 unspecified atom stereocenters. The van der Waals surface area contributed by atoms with Crippen LogP contribution in [0.15, 0.2) is 49.1 Å². The van der Waals surface area contributed by atoms with E-state index < -0.39 is 0 Å². The Morgan fingerprint density at radius 1 is 1.05 bits per heavy atom. The maximum absolute atomic E-state index is 8.63. The van der Waals surface area contributed by atoms with Crippen molar-refractivity contribution in [2.24, 2.45) is 0 Å². The van der Waals surface area contributed by atoms with E-state index in [1.54, 1.807) is 11.0 Å². The molecule has 0 bridgehead atoms. The van der Waals surface area contributed by atoms with Gasteiger partial charge in [0.15, 0.2) is 5.69 Å². The molecule has 0 spiro atoms. The number of para-hydroxylation sites is 1. The lowest BCUT2D eigenvalue weighted by atomic mass is 10.3. The molecule has 1 aromatic carbocycles. The molecule has 2 heterocycles. The normalized spacial score (nSPS) is 9.95. The van der Waals surface area contributed by atoms with E-state index in [0.29, 0.717) is 0 Å². The van der Waals surface area contributed by atoms with E-state index >= 15 is 0 Å². The van der Waals surface area contributed by atoms with E-state index in [-0.39, 0.29) is 17.6 Å². The predicted octanol–water partition coefficient (Wildman–Crippen LogP) is 1.72. The van der Waals surface area contributed by atoms with Crippen LogP contribution in [-0.2, 0) is 0 Å². The third-order valence-electron chi connectivity index (χ3n) is 2.43. The van der Waals surface area contributed by atoms with Gasteiger partial charge in [-0.1, -0.05) is 18.2 Å². The quantitative estimate of drug-likeness (QED) is 0.715. The molecule has 96 valence electrons. The highest BCUT2D eigenvalue weighted by molar-refractivity contribution is 5.29. The highest BCUT2D eigenvalue weighted by Gasteiger charge is 2.06. The van der Waals surface area contributed by atoms with E-state index in [4.69, 9.17) is 10.00 Å².